The number of aryl methyl sites for hydroxylation is 2. The minimum absolute atomic E-state index is 1.05. The first-order chi connectivity index (χ1) is 8.81. The summed E-state index contributed by atoms with van der Waals surface area (Å²) in [5, 5.41) is 1.29. The number of aromatic nitrogens is 1. The lowest BCUT2D eigenvalue weighted by molar-refractivity contribution is 0.930. The average molecular weight is 300 g/mol. The van der Waals surface area contributed by atoms with Gasteiger partial charge in [-0.3, -0.25) is 0 Å². The number of hydrogen-bond acceptors (Lipinski definition) is 0. The van der Waals surface area contributed by atoms with Crippen molar-refractivity contribution in [1.82, 2.24) is 4.98 Å². The van der Waals surface area contributed by atoms with Crippen LogP contribution in [0.3, 0.4) is 0 Å². The largest absolute Gasteiger partial charge is 0.358 e. The van der Waals surface area contributed by atoms with Crippen LogP contribution in [0, 0.1) is 0 Å². The summed E-state index contributed by atoms with van der Waals surface area (Å²) in [6.07, 6.45) is 2.12. The van der Waals surface area contributed by atoms with E-state index in [2.05, 4.69) is 75.5 Å². The normalized spacial score (nSPS) is 10.9. The van der Waals surface area contributed by atoms with Gasteiger partial charge in [-0.05, 0) is 48.1 Å². The van der Waals surface area contributed by atoms with E-state index >= 15 is 0 Å². The van der Waals surface area contributed by atoms with Gasteiger partial charge in [0.15, 0.2) is 0 Å². The zero-order valence-corrected chi connectivity index (χ0v) is 11.6. The van der Waals surface area contributed by atoms with Gasteiger partial charge in [-0.25, -0.2) is 0 Å². The van der Waals surface area contributed by atoms with E-state index < -0.39 is 0 Å². The van der Waals surface area contributed by atoms with Crippen molar-refractivity contribution in [2.24, 2.45) is 0 Å². The van der Waals surface area contributed by atoms with E-state index in [0.717, 1.165) is 17.3 Å². The highest BCUT2D eigenvalue weighted by atomic mass is 79.9. The van der Waals surface area contributed by atoms with Crippen LogP contribution < -0.4 is 0 Å². The van der Waals surface area contributed by atoms with Crippen LogP contribution in [0.5, 0.6) is 0 Å². The molecule has 3 rings (SSSR count). The Labute approximate surface area is 115 Å². The Bertz CT molecular complexity index is 619. The van der Waals surface area contributed by atoms with E-state index in [0.29, 0.717) is 0 Å². The lowest BCUT2D eigenvalue weighted by Gasteiger charge is -2.00. The molecule has 90 valence electrons. The summed E-state index contributed by atoms with van der Waals surface area (Å²) in [5.41, 5.74) is 3.90. The maximum atomic E-state index is 3.47. The fourth-order valence-electron chi connectivity index (χ4n) is 2.20. The first-order valence-electron chi connectivity index (χ1n) is 6.12. The molecular weight excluding hydrogens is 286 g/mol. The van der Waals surface area contributed by atoms with Gasteiger partial charge in [0.05, 0.1) is 0 Å². The lowest BCUT2D eigenvalue weighted by atomic mass is 10.1. The number of aromatic amines is 1. The predicted octanol–water partition coefficient (Wildman–Crippen LogP) is 4.72. The third kappa shape index (κ3) is 2.49. The number of para-hydroxylation sites is 1. The quantitative estimate of drug-likeness (QED) is 0.720. The molecule has 2 aromatic carbocycles. The smallest absolute Gasteiger partial charge is 0.0456 e. The maximum absolute atomic E-state index is 3.47. The van der Waals surface area contributed by atoms with Gasteiger partial charge in [-0.2, -0.15) is 0 Å². The first-order valence-corrected chi connectivity index (χ1v) is 6.92. The van der Waals surface area contributed by atoms with E-state index in [-0.39, 0.29) is 0 Å². The standard InChI is InChI=1S/C16H14BrN/c17-14-8-5-12(6-9-14)7-10-15-11-13-3-1-2-4-16(13)18-15/h1-6,8-9,11,18H,7,10H2. The monoisotopic (exact) mass is 299 g/mol. The Balaban J connectivity index is 1.74. The lowest BCUT2D eigenvalue weighted by Crippen LogP contribution is -1.90. The zero-order valence-electron chi connectivity index (χ0n) is 9.99. The molecule has 0 bridgehead atoms. The zero-order chi connectivity index (χ0) is 12.4. The van der Waals surface area contributed by atoms with Crippen LogP contribution in [-0.4, -0.2) is 4.98 Å². The molecule has 0 radical (unpaired) electrons. The SMILES string of the molecule is Brc1ccc(CCc2cc3ccccc3[nH]2)cc1. The number of rotatable bonds is 3. The molecule has 0 spiro atoms. The molecule has 1 heterocycles. The number of H-pyrrole nitrogens is 1. The van der Waals surface area contributed by atoms with Gasteiger partial charge in [-0.15, -0.1) is 0 Å². The van der Waals surface area contributed by atoms with Crippen molar-refractivity contribution in [2.75, 3.05) is 0 Å². The van der Waals surface area contributed by atoms with Crippen LogP contribution in [0.2, 0.25) is 0 Å². The molecule has 0 saturated carbocycles. The van der Waals surface area contributed by atoms with Gasteiger partial charge in [-0.1, -0.05) is 46.3 Å². The third-order valence-electron chi connectivity index (χ3n) is 3.18. The van der Waals surface area contributed by atoms with Crippen molar-refractivity contribution in [3.8, 4) is 0 Å². The number of benzene rings is 2. The first kappa shape index (κ1) is 11.5. The van der Waals surface area contributed by atoms with Crippen LogP contribution in [0.25, 0.3) is 10.9 Å². The highest BCUT2D eigenvalue weighted by Crippen LogP contribution is 2.17. The second kappa shape index (κ2) is 4.99. The average Bonchev–Trinajstić information content (AvgIpc) is 2.81. The van der Waals surface area contributed by atoms with Crippen molar-refractivity contribution in [3.05, 3.63) is 70.3 Å². The fourth-order valence-corrected chi connectivity index (χ4v) is 2.46. The van der Waals surface area contributed by atoms with Crippen LogP contribution in [0.4, 0.5) is 0 Å². The third-order valence-corrected chi connectivity index (χ3v) is 3.71. The molecule has 0 atom stereocenters. The van der Waals surface area contributed by atoms with E-state index in [1.54, 1.807) is 0 Å². The molecule has 1 nitrogen and oxygen atoms in total. The summed E-state index contributed by atoms with van der Waals surface area (Å²) in [6, 6.07) is 19.2. The Kier molecular flexibility index (Phi) is 3.20. The number of fused-ring (bicyclic) bond motifs is 1. The Morgan fingerprint density at radius 3 is 2.44 bits per heavy atom. The van der Waals surface area contributed by atoms with Crippen molar-refractivity contribution < 1.29 is 0 Å². The maximum Gasteiger partial charge on any atom is 0.0456 e. The fraction of sp³-hybridized carbons (Fsp3) is 0.125. The molecule has 1 N–H and O–H groups in total. The topological polar surface area (TPSA) is 15.8 Å². The molecule has 18 heavy (non-hydrogen) atoms. The molecular formula is C16H14BrN. The molecule has 3 aromatic rings. The van der Waals surface area contributed by atoms with E-state index in [1.807, 2.05) is 0 Å². The molecule has 0 fully saturated rings. The minimum Gasteiger partial charge on any atom is -0.358 e. The van der Waals surface area contributed by atoms with E-state index in [9.17, 15) is 0 Å². The second-order valence-electron chi connectivity index (χ2n) is 4.51. The van der Waals surface area contributed by atoms with Crippen LogP contribution >= 0.6 is 15.9 Å². The van der Waals surface area contributed by atoms with Gasteiger partial charge >= 0.3 is 0 Å². The Morgan fingerprint density at radius 2 is 1.67 bits per heavy atom. The molecule has 0 amide bonds. The summed E-state index contributed by atoms with van der Waals surface area (Å²) < 4.78 is 1.14. The molecule has 2 heteroatoms. The summed E-state index contributed by atoms with van der Waals surface area (Å²) in [6.45, 7) is 0. The molecule has 0 aliphatic carbocycles. The summed E-state index contributed by atoms with van der Waals surface area (Å²) in [4.78, 5) is 3.47. The second-order valence-corrected chi connectivity index (χ2v) is 5.42. The molecule has 0 unspecified atom stereocenters. The highest BCUT2D eigenvalue weighted by molar-refractivity contribution is 9.10. The Morgan fingerprint density at radius 1 is 0.889 bits per heavy atom. The Hall–Kier alpha value is -1.54. The van der Waals surface area contributed by atoms with E-state index in [4.69, 9.17) is 0 Å². The van der Waals surface area contributed by atoms with Gasteiger partial charge < -0.3 is 4.98 Å². The highest BCUT2D eigenvalue weighted by Gasteiger charge is 2.00. The van der Waals surface area contributed by atoms with Crippen molar-refractivity contribution in [2.45, 2.75) is 12.8 Å². The molecule has 0 saturated heterocycles. The van der Waals surface area contributed by atoms with Crippen molar-refractivity contribution in [3.63, 3.8) is 0 Å². The molecule has 0 aliphatic heterocycles. The molecule has 0 aliphatic rings. The summed E-state index contributed by atoms with van der Waals surface area (Å²) in [7, 11) is 0. The summed E-state index contributed by atoms with van der Waals surface area (Å²) in [5.74, 6) is 0. The van der Waals surface area contributed by atoms with Gasteiger partial charge in [0, 0.05) is 15.7 Å². The van der Waals surface area contributed by atoms with Crippen molar-refractivity contribution in [1.29, 1.82) is 0 Å². The van der Waals surface area contributed by atoms with Crippen molar-refractivity contribution >= 4 is 26.8 Å². The number of hydrogen-bond donors (Lipinski definition) is 1. The van der Waals surface area contributed by atoms with Crippen LogP contribution in [0.1, 0.15) is 11.3 Å². The predicted molar refractivity (Wildman–Crippen MR) is 79.8 cm³/mol. The van der Waals surface area contributed by atoms with Gasteiger partial charge in [0.25, 0.3) is 0 Å². The van der Waals surface area contributed by atoms with Gasteiger partial charge in [0.2, 0.25) is 0 Å². The van der Waals surface area contributed by atoms with Crippen LogP contribution in [0.15, 0.2) is 59.1 Å². The van der Waals surface area contributed by atoms with E-state index in [1.165, 1.54) is 22.2 Å². The van der Waals surface area contributed by atoms with Crippen LogP contribution in [-0.2, 0) is 12.8 Å². The number of nitrogens with one attached hydrogen (secondary N) is 1. The summed E-state index contributed by atoms with van der Waals surface area (Å²) >= 11 is 3.46. The number of halogens is 1. The minimum atomic E-state index is 1.05. The van der Waals surface area contributed by atoms with Gasteiger partial charge in [0.1, 0.15) is 0 Å². The molecule has 1 aromatic heterocycles.